The minimum absolute atomic E-state index is 0.503. The zero-order chi connectivity index (χ0) is 12.6. The van der Waals surface area contributed by atoms with E-state index in [0.717, 1.165) is 12.2 Å². The molecule has 17 heavy (non-hydrogen) atoms. The molecule has 0 aromatic carbocycles. The van der Waals surface area contributed by atoms with Crippen molar-refractivity contribution in [1.29, 1.82) is 0 Å². The van der Waals surface area contributed by atoms with Gasteiger partial charge in [0, 0.05) is 18.1 Å². The van der Waals surface area contributed by atoms with Gasteiger partial charge in [0.25, 0.3) is 11.5 Å². The molecule has 0 saturated heterocycles. The maximum absolute atomic E-state index is 11.7. The van der Waals surface area contributed by atoms with Crippen LogP contribution in [0.15, 0.2) is 12.2 Å². The van der Waals surface area contributed by atoms with E-state index < -0.39 is 35.3 Å². The van der Waals surface area contributed by atoms with Crippen molar-refractivity contribution in [2.75, 3.05) is 0 Å². The molecule has 1 amide bonds. The van der Waals surface area contributed by atoms with Crippen molar-refractivity contribution >= 4 is 23.8 Å². The Kier molecular flexibility index (Phi) is 2.45. The standard InChI is InChI=1S/C10H9NO6/c11-8(14)10(5-1-2-5)9(15)16-6(12)3-4-7(13)17-10/h3-5H,1-2H2,(H2,11,14)/b4-3-. The quantitative estimate of drug-likeness (QED) is 0.478. The molecule has 1 atom stereocenters. The van der Waals surface area contributed by atoms with Gasteiger partial charge in [0.2, 0.25) is 0 Å². The summed E-state index contributed by atoms with van der Waals surface area (Å²) in [6.45, 7) is 0. The van der Waals surface area contributed by atoms with Gasteiger partial charge in [-0.1, -0.05) is 0 Å². The second-order valence-corrected chi connectivity index (χ2v) is 3.84. The summed E-state index contributed by atoms with van der Waals surface area (Å²) in [4.78, 5) is 45.5. The second-order valence-electron chi connectivity index (χ2n) is 3.84. The summed E-state index contributed by atoms with van der Waals surface area (Å²) in [7, 11) is 0. The molecule has 0 radical (unpaired) electrons. The Labute approximate surface area is 95.5 Å². The van der Waals surface area contributed by atoms with E-state index in [1.54, 1.807) is 0 Å². The van der Waals surface area contributed by atoms with Crippen LogP contribution in [0.1, 0.15) is 12.8 Å². The predicted molar refractivity (Wildman–Crippen MR) is 51.0 cm³/mol. The van der Waals surface area contributed by atoms with Crippen molar-refractivity contribution in [2.45, 2.75) is 18.4 Å². The molecule has 1 aliphatic heterocycles. The van der Waals surface area contributed by atoms with Crippen LogP contribution < -0.4 is 5.73 Å². The molecule has 1 aliphatic carbocycles. The van der Waals surface area contributed by atoms with Gasteiger partial charge in [-0.3, -0.25) is 4.79 Å². The highest BCUT2D eigenvalue weighted by Crippen LogP contribution is 2.43. The lowest BCUT2D eigenvalue weighted by Gasteiger charge is -2.27. The number of carbonyl (C=O) groups excluding carboxylic acids is 4. The van der Waals surface area contributed by atoms with Crippen LogP contribution in [0.5, 0.6) is 0 Å². The molecule has 1 saturated carbocycles. The van der Waals surface area contributed by atoms with E-state index in [1.807, 2.05) is 0 Å². The highest BCUT2D eigenvalue weighted by atomic mass is 16.6. The minimum Gasteiger partial charge on any atom is -0.433 e. The Hall–Kier alpha value is -2.18. The number of primary amides is 1. The summed E-state index contributed by atoms with van der Waals surface area (Å²) in [5.41, 5.74) is 2.94. The van der Waals surface area contributed by atoms with Gasteiger partial charge in [0.05, 0.1) is 0 Å². The third kappa shape index (κ3) is 1.79. The van der Waals surface area contributed by atoms with E-state index in [9.17, 15) is 19.2 Å². The molecule has 90 valence electrons. The van der Waals surface area contributed by atoms with E-state index >= 15 is 0 Å². The number of hydrogen-bond acceptors (Lipinski definition) is 6. The maximum Gasteiger partial charge on any atom is 0.368 e. The summed E-state index contributed by atoms with van der Waals surface area (Å²) in [6.07, 6.45) is 2.54. The average Bonchev–Trinajstić information content (AvgIpc) is 3.04. The van der Waals surface area contributed by atoms with E-state index in [0.29, 0.717) is 12.8 Å². The molecule has 7 heteroatoms. The first-order valence-electron chi connectivity index (χ1n) is 4.94. The van der Waals surface area contributed by atoms with Crippen LogP contribution in [-0.2, 0) is 28.7 Å². The number of esters is 3. The molecule has 1 heterocycles. The lowest BCUT2D eigenvalue weighted by Crippen LogP contribution is -2.57. The highest BCUT2D eigenvalue weighted by molar-refractivity contribution is 6.13. The van der Waals surface area contributed by atoms with Gasteiger partial charge in [-0.2, -0.15) is 0 Å². The fourth-order valence-corrected chi connectivity index (χ4v) is 1.66. The lowest BCUT2D eigenvalue weighted by molar-refractivity contribution is -0.188. The molecule has 2 N–H and O–H groups in total. The van der Waals surface area contributed by atoms with Gasteiger partial charge in [-0.05, 0) is 12.8 Å². The summed E-state index contributed by atoms with van der Waals surface area (Å²) < 4.78 is 9.17. The number of hydrogen-bond donors (Lipinski definition) is 1. The molecule has 7 nitrogen and oxygen atoms in total. The van der Waals surface area contributed by atoms with Crippen LogP contribution >= 0.6 is 0 Å². The fraction of sp³-hybridized carbons (Fsp3) is 0.400. The van der Waals surface area contributed by atoms with Crippen LogP contribution in [0.3, 0.4) is 0 Å². The van der Waals surface area contributed by atoms with Crippen LogP contribution in [0, 0.1) is 5.92 Å². The van der Waals surface area contributed by atoms with E-state index in [2.05, 4.69) is 4.74 Å². The minimum atomic E-state index is -2.17. The molecule has 0 bridgehead atoms. The molecular formula is C10H9NO6. The maximum atomic E-state index is 11.7. The zero-order valence-corrected chi connectivity index (χ0v) is 8.67. The summed E-state index contributed by atoms with van der Waals surface area (Å²) in [5.74, 6) is -4.87. The number of carbonyl (C=O) groups is 4. The van der Waals surface area contributed by atoms with Crippen LogP contribution in [0.4, 0.5) is 0 Å². The predicted octanol–water partition coefficient (Wildman–Crippen LogP) is -1.20. The van der Waals surface area contributed by atoms with Crippen molar-refractivity contribution in [3.05, 3.63) is 12.2 Å². The summed E-state index contributed by atoms with van der Waals surface area (Å²) in [6, 6.07) is 0. The van der Waals surface area contributed by atoms with Gasteiger partial charge in [0.15, 0.2) is 0 Å². The summed E-state index contributed by atoms with van der Waals surface area (Å²) in [5, 5.41) is 0. The molecule has 0 spiro atoms. The summed E-state index contributed by atoms with van der Waals surface area (Å²) >= 11 is 0. The number of nitrogens with two attached hydrogens (primary N) is 1. The molecule has 1 unspecified atom stereocenters. The van der Waals surface area contributed by atoms with Crippen molar-refractivity contribution in [3.63, 3.8) is 0 Å². The second kappa shape index (κ2) is 3.69. The monoisotopic (exact) mass is 239 g/mol. The Morgan fingerprint density at radius 2 is 1.82 bits per heavy atom. The molecule has 2 rings (SSSR count). The first kappa shape index (κ1) is 11.3. The van der Waals surface area contributed by atoms with Crippen molar-refractivity contribution < 1.29 is 28.7 Å². The Bertz CT molecular complexity index is 450. The first-order valence-corrected chi connectivity index (χ1v) is 4.94. The van der Waals surface area contributed by atoms with Crippen molar-refractivity contribution in [3.8, 4) is 0 Å². The van der Waals surface area contributed by atoms with Crippen LogP contribution in [-0.4, -0.2) is 29.4 Å². The van der Waals surface area contributed by atoms with Crippen molar-refractivity contribution in [1.82, 2.24) is 0 Å². The zero-order valence-electron chi connectivity index (χ0n) is 8.67. The third-order valence-electron chi connectivity index (χ3n) is 2.63. The lowest BCUT2D eigenvalue weighted by atomic mass is 9.96. The van der Waals surface area contributed by atoms with Crippen LogP contribution in [0.25, 0.3) is 0 Å². The Balaban J connectivity index is 2.44. The number of ether oxygens (including phenoxy) is 2. The van der Waals surface area contributed by atoms with E-state index in [1.165, 1.54) is 0 Å². The Morgan fingerprint density at radius 1 is 1.24 bits per heavy atom. The van der Waals surface area contributed by atoms with Gasteiger partial charge in [-0.25, -0.2) is 14.4 Å². The fourth-order valence-electron chi connectivity index (χ4n) is 1.66. The van der Waals surface area contributed by atoms with E-state index in [4.69, 9.17) is 10.5 Å². The molecule has 0 aromatic heterocycles. The molecule has 0 aromatic rings. The average molecular weight is 239 g/mol. The van der Waals surface area contributed by atoms with Gasteiger partial charge in [0.1, 0.15) is 0 Å². The highest BCUT2D eigenvalue weighted by Gasteiger charge is 2.61. The number of rotatable bonds is 2. The van der Waals surface area contributed by atoms with Gasteiger partial charge >= 0.3 is 17.9 Å². The number of cyclic esters (lactones) is 3. The SMILES string of the molecule is NC(=O)C1(C2CC2)OC(=O)/C=C\C(=O)OC1=O. The normalized spacial score (nSPS) is 30.9. The molecular weight excluding hydrogens is 230 g/mol. The molecule has 2 aliphatic rings. The third-order valence-corrected chi connectivity index (χ3v) is 2.63. The number of amides is 1. The first-order chi connectivity index (χ1) is 7.96. The Morgan fingerprint density at radius 3 is 2.35 bits per heavy atom. The topological polar surface area (TPSA) is 113 Å². The van der Waals surface area contributed by atoms with Crippen LogP contribution in [0.2, 0.25) is 0 Å². The van der Waals surface area contributed by atoms with E-state index in [-0.39, 0.29) is 0 Å². The van der Waals surface area contributed by atoms with Gasteiger partial charge < -0.3 is 15.2 Å². The molecule has 1 fully saturated rings. The smallest absolute Gasteiger partial charge is 0.368 e. The largest absolute Gasteiger partial charge is 0.433 e. The van der Waals surface area contributed by atoms with Gasteiger partial charge in [-0.15, -0.1) is 0 Å². The van der Waals surface area contributed by atoms with Crippen molar-refractivity contribution in [2.24, 2.45) is 11.7 Å².